The van der Waals surface area contributed by atoms with Gasteiger partial charge in [0, 0.05) is 6.04 Å². The topological polar surface area (TPSA) is 46.2 Å². The average molecular weight is 225 g/mol. The second-order valence-corrected chi connectivity index (χ2v) is 6.04. The molecule has 1 aromatic rings. The van der Waals surface area contributed by atoms with Crippen LogP contribution in [0.3, 0.4) is 0 Å². The van der Waals surface area contributed by atoms with Gasteiger partial charge in [0.15, 0.2) is 9.84 Å². The molecule has 0 saturated carbocycles. The summed E-state index contributed by atoms with van der Waals surface area (Å²) in [5, 5.41) is 3.06. The number of benzene rings is 1. The van der Waals surface area contributed by atoms with Gasteiger partial charge in [0.05, 0.1) is 10.6 Å². The van der Waals surface area contributed by atoms with Crippen molar-refractivity contribution in [2.24, 2.45) is 0 Å². The minimum Gasteiger partial charge on any atom is -0.312 e. The molecule has 0 amide bonds. The molecule has 1 unspecified atom stereocenters. The highest BCUT2D eigenvalue weighted by Gasteiger charge is 2.36. The number of hydrogen-bond acceptors (Lipinski definition) is 3. The molecule has 1 aromatic carbocycles. The Labute approximate surface area is 90.4 Å². The summed E-state index contributed by atoms with van der Waals surface area (Å²) < 4.78 is 23.9. The zero-order valence-electron chi connectivity index (χ0n) is 9.16. The van der Waals surface area contributed by atoms with Crippen LogP contribution in [0.4, 0.5) is 0 Å². The fourth-order valence-electron chi connectivity index (χ4n) is 2.27. The van der Waals surface area contributed by atoms with E-state index in [1.54, 1.807) is 7.05 Å². The number of nitrogens with one attached hydrogen (secondary N) is 1. The Kier molecular flexibility index (Phi) is 2.35. The van der Waals surface area contributed by atoms with Gasteiger partial charge in [-0.3, -0.25) is 0 Å². The van der Waals surface area contributed by atoms with Crippen LogP contribution in [0.15, 0.2) is 17.0 Å². The first-order valence-electron chi connectivity index (χ1n) is 4.97. The van der Waals surface area contributed by atoms with Crippen molar-refractivity contribution in [3.8, 4) is 0 Å². The maximum absolute atomic E-state index is 12.0. The number of hydrogen-bond donors (Lipinski definition) is 1. The Balaban J connectivity index is 2.79. The van der Waals surface area contributed by atoms with E-state index in [-0.39, 0.29) is 11.8 Å². The van der Waals surface area contributed by atoms with E-state index in [1.807, 2.05) is 26.0 Å². The molecule has 0 aromatic heterocycles. The third kappa shape index (κ3) is 1.48. The molecular formula is C11H15NO2S. The van der Waals surface area contributed by atoms with Gasteiger partial charge in [-0.2, -0.15) is 0 Å². The summed E-state index contributed by atoms with van der Waals surface area (Å²) in [5.41, 5.74) is 2.86. The lowest BCUT2D eigenvalue weighted by Crippen LogP contribution is -2.18. The van der Waals surface area contributed by atoms with Crippen LogP contribution in [-0.2, 0) is 9.84 Å². The first-order valence-corrected chi connectivity index (χ1v) is 6.62. The molecule has 1 aliphatic rings. The molecule has 0 aliphatic carbocycles. The number of sulfone groups is 1. The van der Waals surface area contributed by atoms with Crippen molar-refractivity contribution in [1.29, 1.82) is 0 Å². The first kappa shape index (κ1) is 10.6. The summed E-state index contributed by atoms with van der Waals surface area (Å²) in [5.74, 6) is 0.185. The molecule has 3 nitrogen and oxygen atoms in total. The molecule has 4 heteroatoms. The van der Waals surface area contributed by atoms with Crippen LogP contribution in [0.25, 0.3) is 0 Å². The van der Waals surface area contributed by atoms with Crippen molar-refractivity contribution in [3.05, 3.63) is 28.8 Å². The lowest BCUT2D eigenvalue weighted by Gasteiger charge is -2.11. The van der Waals surface area contributed by atoms with E-state index >= 15 is 0 Å². The van der Waals surface area contributed by atoms with Gasteiger partial charge in [-0.05, 0) is 37.6 Å². The molecule has 0 spiro atoms. The third-order valence-electron chi connectivity index (χ3n) is 3.00. The Morgan fingerprint density at radius 1 is 1.27 bits per heavy atom. The predicted molar refractivity (Wildman–Crippen MR) is 59.8 cm³/mol. The highest BCUT2D eigenvalue weighted by Crippen LogP contribution is 2.37. The maximum Gasteiger partial charge on any atom is 0.180 e. The third-order valence-corrected chi connectivity index (χ3v) is 4.94. The zero-order chi connectivity index (χ0) is 11.2. The number of rotatable bonds is 1. The summed E-state index contributed by atoms with van der Waals surface area (Å²) in [6, 6.07) is 3.81. The quantitative estimate of drug-likeness (QED) is 0.784. The van der Waals surface area contributed by atoms with Gasteiger partial charge in [0.2, 0.25) is 0 Å². The summed E-state index contributed by atoms with van der Waals surface area (Å²) in [4.78, 5) is 0.543. The standard InChI is InChI=1S/C11H15NO2S/c1-7-4-5-8(2)11-10(7)9(12-3)6-15(11,13)14/h4-5,9,12H,6H2,1-3H3. The second-order valence-electron chi connectivity index (χ2n) is 4.06. The van der Waals surface area contributed by atoms with Gasteiger partial charge in [0.25, 0.3) is 0 Å². The van der Waals surface area contributed by atoms with Crippen molar-refractivity contribution < 1.29 is 8.42 Å². The molecule has 2 rings (SSSR count). The molecule has 0 fully saturated rings. The van der Waals surface area contributed by atoms with Crippen molar-refractivity contribution in [1.82, 2.24) is 5.32 Å². The van der Waals surface area contributed by atoms with Crippen LogP contribution < -0.4 is 5.32 Å². The molecular weight excluding hydrogens is 210 g/mol. The van der Waals surface area contributed by atoms with Gasteiger partial charge < -0.3 is 5.32 Å². The smallest absolute Gasteiger partial charge is 0.180 e. The lowest BCUT2D eigenvalue weighted by atomic mass is 10.0. The largest absolute Gasteiger partial charge is 0.312 e. The Morgan fingerprint density at radius 2 is 1.87 bits per heavy atom. The Bertz CT molecular complexity index is 506. The summed E-state index contributed by atoms with van der Waals surface area (Å²) in [7, 11) is -1.28. The highest BCUT2D eigenvalue weighted by atomic mass is 32.2. The van der Waals surface area contributed by atoms with E-state index in [0.29, 0.717) is 4.90 Å². The van der Waals surface area contributed by atoms with Crippen molar-refractivity contribution in [2.45, 2.75) is 24.8 Å². The number of fused-ring (bicyclic) bond motifs is 1. The minimum absolute atomic E-state index is 0.0510. The van der Waals surface area contributed by atoms with Crippen LogP contribution in [0, 0.1) is 13.8 Å². The normalized spacial score (nSPS) is 22.7. The van der Waals surface area contributed by atoms with E-state index < -0.39 is 9.84 Å². The Hall–Kier alpha value is -0.870. The van der Waals surface area contributed by atoms with Crippen LogP contribution in [0.2, 0.25) is 0 Å². The van der Waals surface area contributed by atoms with Crippen molar-refractivity contribution >= 4 is 9.84 Å². The second kappa shape index (κ2) is 3.32. The van der Waals surface area contributed by atoms with Gasteiger partial charge in [-0.25, -0.2) is 8.42 Å². The van der Waals surface area contributed by atoms with Gasteiger partial charge in [-0.15, -0.1) is 0 Å². The first-order chi connectivity index (χ1) is 6.97. The monoisotopic (exact) mass is 225 g/mol. The molecule has 1 atom stereocenters. The number of aryl methyl sites for hydroxylation is 2. The average Bonchev–Trinajstić information content (AvgIpc) is 2.45. The Morgan fingerprint density at radius 3 is 2.47 bits per heavy atom. The van der Waals surface area contributed by atoms with Crippen LogP contribution in [-0.4, -0.2) is 21.2 Å². The van der Waals surface area contributed by atoms with Crippen molar-refractivity contribution in [2.75, 3.05) is 12.8 Å². The van der Waals surface area contributed by atoms with E-state index in [0.717, 1.165) is 16.7 Å². The van der Waals surface area contributed by atoms with E-state index in [9.17, 15) is 8.42 Å². The summed E-state index contributed by atoms with van der Waals surface area (Å²) in [6.45, 7) is 3.82. The molecule has 1 heterocycles. The predicted octanol–water partition coefficient (Wildman–Crippen LogP) is 1.35. The van der Waals surface area contributed by atoms with Crippen molar-refractivity contribution in [3.63, 3.8) is 0 Å². The van der Waals surface area contributed by atoms with Gasteiger partial charge in [-0.1, -0.05) is 12.1 Å². The molecule has 0 saturated heterocycles. The SMILES string of the molecule is CNC1CS(=O)(=O)c2c(C)ccc(C)c21. The zero-order valence-corrected chi connectivity index (χ0v) is 9.98. The molecule has 1 aliphatic heterocycles. The van der Waals surface area contributed by atoms with E-state index in [2.05, 4.69) is 5.32 Å². The molecule has 15 heavy (non-hydrogen) atoms. The maximum atomic E-state index is 12.0. The highest BCUT2D eigenvalue weighted by molar-refractivity contribution is 7.91. The minimum atomic E-state index is -3.08. The summed E-state index contributed by atoms with van der Waals surface area (Å²) in [6.07, 6.45) is 0. The molecule has 0 bridgehead atoms. The van der Waals surface area contributed by atoms with E-state index in [1.165, 1.54) is 0 Å². The molecule has 82 valence electrons. The molecule has 0 radical (unpaired) electrons. The van der Waals surface area contributed by atoms with Crippen LogP contribution in [0.1, 0.15) is 22.7 Å². The van der Waals surface area contributed by atoms with Gasteiger partial charge >= 0.3 is 0 Å². The van der Waals surface area contributed by atoms with Crippen LogP contribution >= 0.6 is 0 Å². The molecule has 1 N–H and O–H groups in total. The van der Waals surface area contributed by atoms with Gasteiger partial charge in [0.1, 0.15) is 0 Å². The lowest BCUT2D eigenvalue weighted by molar-refractivity contribution is 0.591. The van der Waals surface area contributed by atoms with E-state index in [4.69, 9.17) is 0 Å². The fourth-order valence-corrected chi connectivity index (χ4v) is 4.40. The fraction of sp³-hybridized carbons (Fsp3) is 0.455. The van der Waals surface area contributed by atoms with Crippen LogP contribution in [0.5, 0.6) is 0 Å². The summed E-state index contributed by atoms with van der Waals surface area (Å²) >= 11 is 0.